The molecule has 0 aliphatic heterocycles. The van der Waals surface area contributed by atoms with E-state index in [-0.39, 0.29) is 17.1 Å². The molecule has 0 unspecified atom stereocenters. The maximum Gasteiger partial charge on any atom is 0.261 e. The van der Waals surface area contributed by atoms with Crippen LogP contribution in [-0.4, -0.2) is 8.42 Å². The van der Waals surface area contributed by atoms with Gasteiger partial charge in [-0.1, -0.05) is 28.1 Å². The lowest BCUT2D eigenvalue weighted by atomic mass is 10.2. The first-order valence-corrected chi connectivity index (χ1v) is 7.97. The van der Waals surface area contributed by atoms with Gasteiger partial charge in [-0.3, -0.25) is 4.72 Å². The zero-order valence-corrected chi connectivity index (χ0v) is 12.7. The molecule has 0 amide bonds. The highest BCUT2D eigenvalue weighted by Crippen LogP contribution is 2.23. The summed E-state index contributed by atoms with van der Waals surface area (Å²) in [5.41, 5.74) is 6.05. The first-order valence-electron chi connectivity index (χ1n) is 5.69. The van der Waals surface area contributed by atoms with Crippen LogP contribution in [-0.2, 0) is 16.6 Å². The Hall–Kier alpha value is -1.44. The molecule has 0 saturated carbocycles. The van der Waals surface area contributed by atoms with Gasteiger partial charge < -0.3 is 5.73 Å². The van der Waals surface area contributed by atoms with E-state index in [1.165, 1.54) is 30.3 Å². The second-order valence-electron chi connectivity index (χ2n) is 4.08. The van der Waals surface area contributed by atoms with Crippen molar-refractivity contribution < 1.29 is 12.8 Å². The average molecular weight is 359 g/mol. The lowest BCUT2D eigenvalue weighted by Crippen LogP contribution is -2.14. The van der Waals surface area contributed by atoms with Crippen LogP contribution in [0, 0.1) is 5.82 Å². The molecule has 0 fully saturated rings. The lowest BCUT2D eigenvalue weighted by molar-refractivity contribution is 0.598. The van der Waals surface area contributed by atoms with Gasteiger partial charge in [0.15, 0.2) is 0 Å². The van der Waals surface area contributed by atoms with E-state index in [2.05, 4.69) is 20.7 Å². The second-order valence-corrected chi connectivity index (χ2v) is 6.68. The molecule has 0 aliphatic carbocycles. The fraction of sp³-hybridized carbons (Fsp3) is 0.0769. The molecule has 7 heteroatoms. The van der Waals surface area contributed by atoms with Crippen LogP contribution in [0.5, 0.6) is 0 Å². The molecule has 2 aromatic rings. The molecule has 3 N–H and O–H groups in total. The number of anilines is 1. The fourth-order valence-corrected chi connectivity index (χ4v) is 3.11. The maximum atomic E-state index is 13.6. The molecule has 0 saturated heterocycles. The zero-order valence-electron chi connectivity index (χ0n) is 10.3. The van der Waals surface area contributed by atoms with Crippen molar-refractivity contribution in [1.82, 2.24) is 0 Å². The molecule has 0 aromatic heterocycles. The molecule has 0 radical (unpaired) electrons. The summed E-state index contributed by atoms with van der Waals surface area (Å²) in [5.74, 6) is -0.647. The van der Waals surface area contributed by atoms with Gasteiger partial charge in [0.1, 0.15) is 5.82 Å². The van der Waals surface area contributed by atoms with Gasteiger partial charge in [-0.25, -0.2) is 12.8 Å². The van der Waals surface area contributed by atoms with Crippen molar-refractivity contribution in [1.29, 1.82) is 0 Å². The van der Waals surface area contributed by atoms with Gasteiger partial charge >= 0.3 is 0 Å². The Bertz CT molecular complexity index is 735. The van der Waals surface area contributed by atoms with Gasteiger partial charge in [-0.2, -0.15) is 0 Å². The van der Waals surface area contributed by atoms with E-state index in [1.807, 2.05) is 0 Å². The third kappa shape index (κ3) is 3.36. The molecule has 0 heterocycles. The van der Waals surface area contributed by atoms with Crippen LogP contribution in [0.1, 0.15) is 5.56 Å². The first-order chi connectivity index (χ1) is 9.42. The third-order valence-electron chi connectivity index (χ3n) is 2.62. The fourth-order valence-electron chi connectivity index (χ4n) is 1.62. The largest absolute Gasteiger partial charge is 0.326 e. The first kappa shape index (κ1) is 15.0. The van der Waals surface area contributed by atoms with Gasteiger partial charge in [0.05, 0.1) is 10.6 Å². The van der Waals surface area contributed by atoms with Crippen molar-refractivity contribution >= 4 is 31.6 Å². The number of nitrogens with two attached hydrogens (primary N) is 1. The molecule has 2 rings (SSSR count). The topological polar surface area (TPSA) is 72.2 Å². The highest BCUT2D eigenvalue weighted by molar-refractivity contribution is 9.10. The molecule has 0 atom stereocenters. The summed E-state index contributed by atoms with van der Waals surface area (Å²) in [6.45, 7) is 0.231. The van der Waals surface area contributed by atoms with Crippen LogP contribution in [0.25, 0.3) is 0 Å². The minimum atomic E-state index is -3.85. The Morgan fingerprint density at radius 3 is 2.65 bits per heavy atom. The van der Waals surface area contributed by atoms with Crippen LogP contribution in [0.4, 0.5) is 10.1 Å². The number of benzene rings is 2. The highest BCUT2D eigenvalue weighted by Gasteiger charge is 2.16. The molecule has 106 valence electrons. The van der Waals surface area contributed by atoms with Crippen LogP contribution < -0.4 is 10.5 Å². The normalized spacial score (nSPS) is 11.3. The van der Waals surface area contributed by atoms with Crippen molar-refractivity contribution in [2.24, 2.45) is 5.73 Å². The predicted molar refractivity (Wildman–Crippen MR) is 79.2 cm³/mol. The van der Waals surface area contributed by atoms with Crippen LogP contribution in [0.3, 0.4) is 0 Å². The summed E-state index contributed by atoms with van der Waals surface area (Å²) >= 11 is 3.16. The van der Waals surface area contributed by atoms with Crippen molar-refractivity contribution in [3.8, 4) is 0 Å². The minimum absolute atomic E-state index is 0.0415. The van der Waals surface area contributed by atoms with Crippen LogP contribution >= 0.6 is 15.9 Å². The van der Waals surface area contributed by atoms with Crippen LogP contribution in [0.2, 0.25) is 0 Å². The number of sulfonamides is 1. The monoisotopic (exact) mass is 358 g/mol. The molecule has 2 aromatic carbocycles. The summed E-state index contributed by atoms with van der Waals surface area (Å²) in [5, 5.41) is 0. The Kier molecular flexibility index (Phi) is 4.42. The second kappa shape index (κ2) is 5.90. The Morgan fingerprint density at radius 2 is 1.95 bits per heavy atom. The SMILES string of the molecule is NCc1cccc(S(=O)(=O)Nc2cc(Br)ccc2F)c1. The quantitative estimate of drug-likeness (QED) is 0.882. The van der Waals surface area contributed by atoms with Crippen molar-refractivity contribution in [2.45, 2.75) is 11.4 Å². The van der Waals surface area contributed by atoms with Gasteiger partial charge in [-0.15, -0.1) is 0 Å². The Morgan fingerprint density at radius 1 is 1.20 bits per heavy atom. The van der Waals surface area contributed by atoms with E-state index in [4.69, 9.17) is 5.73 Å². The van der Waals surface area contributed by atoms with E-state index in [9.17, 15) is 12.8 Å². The van der Waals surface area contributed by atoms with E-state index < -0.39 is 15.8 Å². The standard InChI is InChI=1S/C13H12BrFN2O2S/c14-10-4-5-12(15)13(7-10)17-20(18,19)11-3-1-2-9(6-11)8-16/h1-7,17H,8,16H2. The summed E-state index contributed by atoms with van der Waals surface area (Å²) in [4.78, 5) is 0.0415. The smallest absolute Gasteiger partial charge is 0.261 e. The summed E-state index contributed by atoms with van der Waals surface area (Å²) in [6, 6.07) is 10.2. The molecule has 0 spiro atoms. The number of halogens is 2. The summed E-state index contributed by atoms with van der Waals surface area (Å²) in [7, 11) is -3.85. The number of nitrogens with one attached hydrogen (secondary N) is 1. The van der Waals surface area contributed by atoms with E-state index in [0.717, 1.165) is 0 Å². The van der Waals surface area contributed by atoms with Crippen molar-refractivity contribution in [3.05, 3.63) is 58.3 Å². The Balaban J connectivity index is 2.38. The summed E-state index contributed by atoms with van der Waals surface area (Å²) < 4.78 is 40.8. The van der Waals surface area contributed by atoms with Gasteiger partial charge in [0.2, 0.25) is 0 Å². The van der Waals surface area contributed by atoms with Crippen LogP contribution in [0.15, 0.2) is 51.8 Å². The molecular formula is C13H12BrFN2O2S. The summed E-state index contributed by atoms with van der Waals surface area (Å²) in [6.07, 6.45) is 0. The predicted octanol–water partition coefficient (Wildman–Crippen LogP) is 2.85. The lowest BCUT2D eigenvalue weighted by Gasteiger charge is -2.10. The van der Waals surface area contributed by atoms with Gasteiger partial charge in [0, 0.05) is 11.0 Å². The molecule has 0 bridgehead atoms. The average Bonchev–Trinajstić information content (AvgIpc) is 2.43. The van der Waals surface area contributed by atoms with Gasteiger partial charge in [0.25, 0.3) is 10.0 Å². The highest BCUT2D eigenvalue weighted by atomic mass is 79.9. The zero-order chi connectivity index (χ0) is 14.8. The maximum absolute atomic E-state index is 13.6. The third-order valence-corrected chi connectivity index (χ3v) is 4.47. The van der Waals surface area contributed by atoms with E-state index >= 15 is 0 Å². The minimum Gasteiger partial charge on any atom is -0.326 e. The number of hydrogen-bond acceptors (Lipinski definition) is 3. The molecule has 4 nitrogen and oxygen atoms in total. The molecule has 20 heavy (non-hydrogen) atoms. The van der Waals surface area contributed by atoms with E-state index in [0.29, 0.717) is 10.0 Å². The number of rotatable bonds is 4. The van der Waals surface area contributed by atoms with E-state index in [1.54, 1.807) is 12.1 Å². The Labute approximate surface area is 125 Å². The molecular weight excluding hydrogens is 347 g/mol. The van der Waals surface area contributed by atoms with Crippen molar-refractivity contribution in [3.63, 3.8) is 0 Å². The van der Waals surface area contributed by atoms with Gasteiger partial charge in [-0.05, 0) is 35.9 Å². The molecule has 0 aliphatic rings. The van der Waals surface area contributed by atoms with Crippen molar-refractivity contribution in [2.75, 3.05) is 4.72 Å². The number of hydrogen-bond donors (Lipinski definition) is 2.